The van der Waals surface area contributed by atoms with E-state index >= 15 is 0 Å². The van der Waals surface area contributed by atoms with Gasteiger partial charge in [-0.15, -0.1) is 13.2 Å². The van der Waals surface area contributed by atoms with E-state index in [1.54, 1.807) is 72.9 Å². The second-order valence-electron chi connectivity index (χ2n) is 7.94. The molecule has 0 radical (unpaired) electrons. The number of aromatic nitrogens is 2. The Bertz CT molecular complexity index is 1730. The Morgan fingerprint density at radius 1 is 0.744 bits per heavy atom. The normalized spacial score (nSPS) is 10.7. The molecule has 228 valence electrons. The second kappa shape index (κ2) is 18.2. The predicted octanol–water partition coefficient (Wildman–Crippen LogP) is 8.96. The van der Waals surface area contributed by atoms with Crippen LogP contribution >= 0.6 is 79.6 Å². The third-order valence-electron chi connectivity index (χ3n) is 4.85. The van der Waals surface area contributed by atoms with Gasteiger partial charge in [-0.1, -0.05) is 64.5 Å². The van der Waals surface area contributed by atoms with E-state index in [1.807, 2.05) is 0 Å². The molecular weight excluding hydrogens is 920 g/mol. The van der Waals surface area contributed by atoms with Gasteiger partial charge in [0, 0.05) is 26.7 Å². The summed E-state index contributed by atoms with van der Waals surface area (Å²) in [6.07, 6.45) is 6.39. The number of rotatable bonds is 9. The minimum absolute atomic E-state index is 0.129. The van der Waals surface area contributed by atoms with Crippen molar-refractivity contribution >= 4 is 111 Å². The van der Waals surface area contributed by atoms with Crippen molar-refractivity contribution in [2.45, 2.75) is 9.79 Å². The summed E-state index contributed by atoms with van der Waals surface area (Å²) >= 11 is 16.3. The third-order valence-corrected chi connectivity index (χ3v) is 10.5. The number of anilines is 2. The maximum Gasteiger partial charge on any atom is 0.265 e. The van der Waals surface area contributed by atoms with Gasteiger partial charge in [-0.25, -0.2) is 31.1 Å². The molecule has 0 spiro atoms. The van der Waals surface area contributed by atoms with Crippen molar-refractivity contribution in [2.24, 2.45) is 0 Å². The van der Waals surface area contributed by atoms with Crippen molar-refractivity contribution in [3.8, 4) is 0 Å². The fraction of sp³-hybridized carbons (Fsp3) is 0.0714. The van der Waals surface area contributed by atoms with E-state index in [0.29, 0.717) is 14.8 Å². The lowest BCUT2D eigenvalue weighted by molar-refractivity contribution is 0.592. The molecule has 0 atom stereocenters. The Labute approximate surface area is 294 Å². The number of nitrogens with zero attached hydrogens (tertiary/aromatic N) is 3. The van der Waals surface area contributed by atoms with Crippen LogP contribution in [0.25, 0.3) is 0 Å². The first-order chi connectivity index (χ1) is 20.4. The minimum atomic E-state index is -3.70. The lowest BCUT2D eigenvalue weighted by Crippen LogP contribution is -2.32. The zero-order valence-electron chi connectivity index (χ0n) is 22.2. The van der Waals surface area contributed by atoms with Crippen LogP contribution in [0.3, 0.4) is 0 Å². The first-order valence-electron chi connectivity index (χ1n) is 11.9. The molecule has 43 heavy (non-hydrogen) atoms. The Kier molecular flexibility index (Phi) is 15.8. The summed E-state index contributed by atoms with van der Waals surface area (Å²) in [5.41, 5.74) is 0. The van der Waals surface area contributed by atoms with E-state index in [4.69, 9.17) is 0 Å². The van der Waals surface area contributed by atoms with Crippen LogP contribution in [0.5, 0.6) is 0 Å². The number of halogens is 5. The van der Waals surface area contributed by atoms with Crippen molar-refractivity contribution in [1.29, 1.82) is 0 Å². The molecule has 2 heterocycles. The van der Waals surface area contributed by atoms with Crippen molar-refractivity contribution < 1.29 is 16.8 Å². The SMILES string of the molecule is C=CCBr.C=CCN(c1ncc(Br)cc1Br)S(=O)(=O)c1ccccc1.O=S(=O)(Nc1ncc(Br)cc1Br)c1ccccc1. The van der Waals surface area contributed by atoms with E-state index in [-0.39, 0.29) is 22.2 Å². The van der Waals surface area contributed by atoms with E-state index < -0.39 is 20.0 Å². The van der Waals surface area contributed by atoms with Gasteiger partial charge >= 0.3 is 0 Å². The molecule has 0 aliphatic carbocycles. The van der Waals surface area contributed by atoms with E-state index in [0.717, 1.165) is 14.3 Å². The molecule has 2 aromatic heterocycles. The molecule has 15 heteroatoms. The predicted molar refractivity (Wildman–Crippen MR) is 192 cm³/mol. The standard InChI is InChI=1S/C14H12Br2N2O2S.C11H8Br2N2O2S.C3H5Br/c1-2-8-18(14-13(16)9-11(15)10-17-14)21(19,20)12-6-4-3-5-7-12;12-8-6-10(13)11(14-7-8)15-18(16,17)9-4-2-1-3-5-9;1-2-3-4/h2-7,9-10H,1,8H2;1-7H,(H,14,15);2H,1,3H2. The molecule has 0 aliphatic rings. The lowest BCUT2D eigenvalue weighted by atomic mass is 10.4. The van der Waals surface area contributed by atoms with Crippen LogP contribution in [-0.4, -0.2) is 38.7 Å². The van der Waals surface area contributed by atoms with Crippen LogP contribution < -0.4 is 9.03 Å². The van der Waals surface area contributed by atoms with Crippen LogP contribution in [0.15, 0.2) is 138 Å². The zero-order valence-corrected chi connectivity index (χ0v) is 31.8. The number of benzene rings is 2. The van der Waals surface area contributed by atoms with Crippen molar-refractivity contribution in [3.63, 3.8) is 0 Å². The number of sulfonamides is 2. The molecule has 4 aromatic rings. The van der Waals surface area contributed by atoms with Gasteiger partial charge in [0.15, 0.2) is 11.6 Å². The molecule has 0 bridgehead atoms. The number of hydrogen-bond donors (Lipinski definition) is 1. The van der Waals surface area contributed by atoms with Gasteiger partial charge < -0.3 is 0 Å². The Morgan fingerprint density at radius 3 is 1.70 bits per heavy atom. The Morgan fingerprint density at radius 2 is 1.23 bits per heavy atom. The first kappa shape index (κ1) is 37.3. The van der Waals surface area contributed by atoms with Crippen LogP contribution in [0.2, 0.25) is 0 Å². The number of nitrogens with one attached hydrogen (secondary N) is 1. The highest BCUT2D eigenvalue weighted by Crippen LogP contribution is 2.31. The summed E-state index contributed by atoms with van der Waals surface area (Å²) < 4.78 is 55.9. The summed E-state index contributed by atoms with van der Waals surface area (Å²) in [6, 6.07) is 19.8. The first-order valence-corrected chi connectivity index (χ1v) is 19.1. The van der Waals surface area contributed by atoms with E-state index in [9.17, 15) is 16.8 Å². The fourth-order valence-electron chi connectivity index (χ4n) is 3.00. The summed E-state index contributed by atoms with van der Waals surface area (Å²) in [6.45, 7) is 7.18. The summed E-state index contributed by atoms with van der Waals surface area (Å²) in [7, 11) is -7.30. The molecule has 0 saturated carbocycles. The monoisotopic (exact) mass is 940 g/mol. The summed E-state index contributed by atoms with van der Waals surface area (Å²) in [5.74, 6) is 0.573. The van der Waals surface area contributed by atoms with Crippen LogP contribution in [0.4, 0.5) is 11.6 Å². The van der Waals surface area contributed by atoms with Crippen LogP contribution in [0.1, 0.15) is 0 Å². The van der Waals surface area contributed by atoms with Crippen molar-refractivity contribution in [3.05, 3.63) is 128 Å². The lowest BCUT2D eigenvalue weighted by Gasteiger charge is -2.23. The quantitative estimate of drug-likeness (QED) is 0.133. The van der Waals surface area contributed by atoms with Gasteiger partial charge in [-0.05, 0) is 100 Å². The van der Waals surface area contributed by atoms with Gasteiger partial charge in [-0.3, -0.25) is 4.72 Å². The van der Waals surface area contributed by atoms with E-state index in [2.05, 4.69) is 107 Å². The van der Waals surface area contributed by atoms with E-state index in [1.165, 1.54) is 28.7 Å². The average molecular weight is 945 g/mol. The highest BCUT2D eigenvalue weighted by atomic mass is 79.9. The van der Waals surface area contributed by atoms with Crippen molar-refractivity contribution in [1.82, 2.24) is 9.97 Å². The molecule has 0 unspecified atom stereocenters. The molecule has 0 fully saturated rings. The van der Waals surface area contributed by atoms with Crippen LogP contribution in [0, 0.1) is 0 Å². The molecule has 0 amide bonds. The number of pyridine rings is 2. The van der Waals surface area contributed by atoms with Gasteiger partial charge in [0.1, 0.15) is 0 Å². The van der Waals surface area contributed by atoms with Gasteiger partial charge in [-0.2, -0.15) is 0 Å². The smallest absolute Gasteiger partial charge is 0.262 e. The fourth-order valence-corrected chi connectivity index (χ4v) is 8.02. The highest BCUT2D eigenvalue weighted by Gasteiger charge is 2.26. The summed E-state index contributed by atoms with van der Waals surface area (Å²) in [4.78, 5) is 8.61. The molecule has 2 aromatic carbocycles. The van der Waals surface area contributed by atoms with Crippen LogP contribution in [-0.2, 0) is 20.0 Å². The second-order valence-corrected chi connectivity index (χ2v) is 15.7. The van der Waals surface area contributed by atoms with Gasteiger partial charge in [0.25, 0.3) is 20.0 Å². The maximum atomic E-state index is 12.8. The molecule has 4 rings (SSSR count). The largest absolute Gasteiger partial charge is 0.265 e. The number of alkyl halides is 1. The Balaban J connectivity index is 0.000000269. The van der Waals surface area contributed by atoms with Crippen molar-refractivity contribution in [2.75, 3.05) is 20.9 Å². The number of allylic oxidation sites excluding steroid dienone is 1. The Hall–Kier alpha value is -1.88. The zero-order chi connectivity index (χ0) is 32.0. The topological polar surface area (TPSA) is 109 Å². The summed E-state index contributed by atoms with van der Waals surface area (Å²) in [5, 5.41) is 0.896. The average Bonchev–Trinajstić information content (AvgIpc) is 2.99. The number of hydrogen-bond acceptors (Lipinski definition) is 6. The van der Waals surface area contributed by atoms with Gasteiger partial charge in [0.05, 0.1) is 25.3 Å². The molecule has 0 saturated heterocycles. The third kappa shape index (κ3) is 11.5. The van der Waals surface area contributed by atoms with Gasteiger partial charge in [0.2, 0.25) is 0 Å². The maximum absolute atomic E-state index is 12.8. The molecular formula is C28H25Br5N4O4S2. The minimum Gasteiger partial charge on any atom is -0.262 e. The molecule has 1 N–H and O–H groups in total. The molecule has 8 nitrogen and oxygen atoms in total. The molecule has 0 aliphatic heterocycles. The highest BCUT2D eigenvalue weighted by molar-refractivity contribution is 9.11.